The number of rotatable bonds is 7. The van der Waals surface area contributed by atoms with Crippen LogP contribution in [-0.4, -0.2) is 70.8 Å². The number of amides is 1. The second-order valence-corrected chi connectivity index (χ2v) is 10.4. The van der Waals surface area contributed by atoms with Gasteiger partial charge in [0.2, 0.25) is 5.95 Å². The van der Waals surface area contributed by atoms with Crippen molar-refractivity contribution in [2.75, 3.05) is 44.0 Å². The third-order valence-corrected chi connectivity index (χ3v) is 7.67. The van der Waals surface area contributed by atoms with Crippen LogP contribution in [0.4, 0.5) is 11.8 Å². The smallest absolute Gasteiger partial charge is 0.254 e. The summed E-state index contributed by atoms with van der Waals surface area (Å²) in [6.45, 7) is 3.33. The zero-order valence-corrected chi connectivity index (χ0v) is 21.1. The molecular weight excluding hydrogens is 468 g/mol. The number of nitrogens with two attached hydrogens (primary N) is 1. The number of nitrogen functional groups attached to an aromatic ring is 1. The number of nitrogens with zero attached hydrogens (tertiary/aromatic N) is 4. The number of benzene rings is 1. The fourth-order valence-corrected chi connectivity index (χ4v) is 5.17. The van der Waals surface area contributed by atoms with E-state index in [-0.39, 0.29) is 5.91 Å². The van der Waals surface area contributed by atoms with Gasteiger partial charge in [0, 0.05) is 49.3 Å². The van der Waals surface area contributed by atoms with Crippen molar-refractivity contribution in [2.45, 2.75) is 50.7 Å². The van der Waals surface area contributed by atoms with Crippen LogP contribution in [0.3, 0.4) is 0 Å². The Balaban J connectivity index is 1.17. The molecule has 3 heterocycles. The maximum Gasteiger partial charge on any atom is 0.254 e. The highest BCUT2D eigenvalue weighted by molar-refractivity contribution is 5.99. The van der Waals surface area contributed by atoms with E-state index in [2.05, 4.69) is 15.3 Å². The lowest BCUT2D eigenvalue weighted by Crippen LogP contribution is -2.40. The maximum absolute atomic E-state index is 12.8. The number of ether oxygens (including phenoxy) is 2. The van der Waals surface area contributed by atoms with Gasteiger partial charge in [-0.3, -0.25) is 4.79 Å². The van der Waals surface area contributed by atoms with Crippen LogP contribution in [0.2, 0.25) is 0 Å². The molecule has 9 heteroatoms. The number of carbonyl (C=O) groups is 1. The zero-order chi connectivity index (χ0) is 25.2. The van der Waals surface area contributed by atoms with Gasteiger partial charge in [-0.2, -0.15) is 0 Å². The average Bonchev–Trinajstić information content (AvgIpc) is 3.78. The third-order valence-electron chi connectivity index (χ3n) is 7.67. The molecule has 0 spiro atoms. The van der Waals surface area contributed by atoms with Crippen molar-refractivity contribution in [2.24, 2.45) is 5.92 Å². The molecule has 1 amide bonds. The van der Waals surface area contributed by atoms with E-state index in [4.69, 9.17) is 20.2 Å². The molecule has 194 valence electrons. The van der Waals surface area contributed by atoms with Crippen LogP contribution >= 0.6 is 0 Å². The number of pyridine rings is 1. The summed E-state index contributed by atoms with van der Waals surface area (Å²) in [6.07, 6.45) is 10.7. The maximum atomic E-state index is 12.8. The van der Waals surface area contributed by atoms with Crippen molar-refractivity contribution in [3.63, 3.8) is 0 Å². The van der Waals surface area contributed by atoms with Crippen molar-refractivity contribution >= 4 is 28.6 Å². The van der Waals surface area contributed by atoms with Gasteiger partial charge >= 0.3 is 0 Å². The first-order valence-electron chi connectivity index (χ1n) is 13.4. The van der Waals surface area contributed by atoms with Crippen LogP contribution in [0.5, 0.6) is 0 Å². The largest absolute Gasteiger partial charge is 0.383 e. The monoisotopic (exact) mass is 502 g/mol. The summed E-state index contributed by atoms with van der Waals surface area (Å²) in [5.41, 5.74) is 9.36. The van der Waals surface area contributed by atoms with E-state index in [1.54, 1.807) is 12.4 Å². The lowest BCUT2D eigenvalue weighted by Gasteiger charge is -2.29. The molecule has 2 aromatic heterocycles. The van der Waals surface area contributed by atoms with Gasteiger partial charge in [-0.1, -0.05) is 12.1 Å². The van der Waals surface area contributed by atoms with Gasteiger partial charge in [-0.05, 0) is 62.1 Å². The second-order valence-electron chi connectivity index (χ2n) is 10.4. The van der Waals surface area contributed by atoms with Crippen LogP contribution in [0.1, 0.15) is 48.9 Å². The minimum atomic E-state index is 0.0246. The summed E-state index contributed by atoms with van der Waals surface area (Å²) in [7, 11) is 0. The Morgan fingerprint density at radius 1 is 1.03 bits per heavy atom. The third kappa shape index (κ3) is 5.52. The highest BCUT2D eigenvalue weighted by atomic mass is 16.5. The Labute approximate surface area is 216 Å². The highest BCUT2D eigenvalue weighted by Crippen LogP contribution is 2.32. The van der Waals surface area contributed by atoms with Crippen molar-refractivity contribution in [3.05, 3.63) is 42.2 Å². The Bertz CT molecular complexity index is 1250. The van der Waals surface area contributed by atoms with Gasteiger partial charge in [0.05, 0.1) is 30.2 Å². The van der Waals surface area contributed by atoms with E-state index in [9.17, 15) is 4.79 Å². The number of aromatic nitrogens is 3. The predicted molar refractivity (Wildman–Crippen MR) is 142 cm³/mol. The number of carbonyl (C=O) groups excluding carboxylic acids is 1. The number of fused-ring (bicyclic) bond motifs is 1. The standard InChI is InChI=1S/C28H34N6O3/c29-26-24-16-31-28(32-21-7-9-22(10-8-21)37-17-18-1-2-18)33-25(24)23(15-30-26)19-3-5-20(6-4-19)27(35)34-11-13-36-14-12-34/h3-6,15-16,18,21-22H,1-2,7-14,17H2,(H2,29,30)(H,31,32,33)/t21-,22-. The summed E-state index contributed by atoms with van der Waals surface area (Å²) in [4.78, 5) is 28.4. The molecule has 6 rings (SSSR count). The second kappa shape index (κ2) is 10.6. The number of nitrogens with one attached hydrogen (secondary N) is 1. The minimum absolute atomic E-state index is 0.0246. The number of hydrogen-bond acceptors (Lipinski definition) is 8. The molecule has 1 aliphatic heterocycles. The molecule has 0 bridgehead atoms. The molecule has 3 aromatic rings. The van der Waals surface area contributed by atoms with Crippen LogP contribution in [-0.2, 0) is 9.47 Å². The topological polar surface area (TPSA) is 115 Å². The Morgan fingerprint density at radius 2 is 1.78 bits per heavy atom. The molecule has 3 N–H and O–H groups in total. The first kappa shape index (κ1) is 24.1. The molecule has 1 aromatic carbocycles. The Morgan fingerprint density at radius 3 is 2.51 bits per heavy atom. The molecule has 2 saturated carbocycles. The highest BCUT2D eigenvalue weighted by Gasteiger charge is 2.26. The van der Waals surface area contributed by atoms with Gasteiger partial charge in [0.15, 0.2) is 0 Å². The zero-order valence-electron chi connectivity index (χ0n) is 21.1. The average molecular weight is 503 g/mol. The van der Waals surface area contributed by atoms with Crippen molar-refractivity contribution in [1.29, 1.82) is 0 Å². The summed E-state index contributed by atoms with van der Waals surface area (Å²) in [5.74, 6) is 1.83. The van der Waals surface area contributed by atoms with E-state index in [0.29, 0.717) is 61.2 Å². The number of hydrogen-bond donors (Lipinski definition) is 2. The fraction of sp³-hybridized carbons (Fsp3) is 0.500. The van der Waals surface area contributed by atoms with E-state index in [1.165, 1.54) is 12.8 Å². The quantitative estimate of drug-likeness (QED) is 0.500. The molecule has 0 atom stereocenters. The molecule has 37 heavy (non-hydrogen) atoms. The van der Waals surface area contributed by atoms with E-state index < -0.39 is 0 Å². The van der Waals surface area contributed by atoms with Crippen LogP contribution in [0.25, 0.3) is 22.0 Å². The Kier molecular flexibility index (Phi) is 6.89. The molecule has 2 aliphatic carbocycles. The van der Waals surface area contributed by atoms with Gasteiger partial charge in [-0.15, -0.1) is 0 Å². The lowest BCUT2D eigenvalue weighted by molar-refractivity contribution is 0.0203. The van der Waals surface area contributed by atoms with Crippen molar-refractivity contribution < 1.29 is 14.3 Å². The van der Waals surface area contributed by atoms with Crippen molar-refractivity contribution in [1.82, 2.24) is 19.9 Å². The van der Waals surface area contributed by atoms with Gasteiger partial charge < -0.3 is 25.4 Å². The molecule has 3 aliphatic rings. The molecular formula is C28H34N6O3. The molecule has 0 radical (unpaired) electrons. The SMILES string of the molecule is Nc1ncc(-c2ccc(C(=O)N3CCOCC3)cc2)c2nc(N[C@H]3CC[C@H](OCC4CC4)CC3)ncc12. The molecule has 0 unspecified atom stereocenters. The van der Waals surface area contributed by atoms with Crippen molar-refractivity contribution in [3.8, 4) is 11.1 Å². The normalized spacial score (nSPS) is 22.2. The predicted octanol–water partition coefficient (Wildman–Crippen LogP) is 3.90. The van der Waals surface area contributed by atoms with Crippen LogP contribution in [0.15, 0.2) is 36.7 Å². The lowest BCUT2D eigenvalue weighted by atomic mass is 9.93. The Hall–Kier alpha value is -3.30. The molecule has 9 nitrogen and oxygen atoms in total. The number of morpholine rings is 1. The van der Waals surface area contributed by atoms with Gasteiger partial charge in [-0.25, -0.2) is 15.0 Å². The summed E-state index contributed by atoms with van der Waals surface area (Å²) >= 11 is 0. The molecule has 3 fully saturated rings. The van der Waals surface area contributed by atoms with Gasteiger partial charge in [0.1, 0.15) is 5.82 Å². The molecule has 1 saturated heterocycles. The first-order chi connectivity index (χ1) is 18.1. The van der Waals surface area contributed by atoms with Crippen LogP contribution in [0, 0.1) is 5.92 Å². The fourth-order valence-electron chi connectivity index (χ4n) is 5.17. The minimum Gasteiger partial charge on any atom is -0.383 e. The summed E-state index contributed by atoms with van der Waals surface area (Å²) in [5, 5.41) is 4.25. The summed E-state index contributed by atoms with van der Waals surface area (Å²) < 4.78 is 11.5. The summed E-state index contributed by atoms with van der Waals surface area (Å²) in [6, 6.07) is 7.93. The number of anilines is 2. The van der Waals surface area contributed by atoms with E-state index in [0.717, 1.165) is 54.9 Å². The van der Waals surface area contributed by atoms with Gasteiger partial charge in [0.25, 0.3) is 5.91 Å². The first-order valence-corrected chi connectivity index (χ1v) is 13.4. The van der Waals surface area contributed by atoms with E-state index >= 15 is 0 Å². The van der Waals surface area contributed by atoms with Crippen LogP contribution < -0.4 is 11.1 Å². The van der Waals surface area contributed by atoms with E-state index in [1.807, 2.05) is 29.2 Å².